The van der Waals surface area contributed by atoms with Crippen LogP contribution in [0, 0.1) is 6.92 Å². The number of aryl methyl sites for hydroxylation is 1. The van der Waals surface area contributed by atoms with E-state index >= 15 is 0 Å². The molecule has 0 aliphatic heterocycles. The molecule has 0 radical (unpaired) electrons. The minimum Gasteiger partial charge on any atom is -0.346 e. The van der Waals surface area contributed by atoms with Crippen LogP contribution in [0.3, 0.4) is 0 Å². The van der Waals surface area contributed by atoms with Crippen molar-refractivity contribution in [1.29, 1.82) is 0 Å². The van der Waals surface area contributed by atoms with E-state index in [4.69, 9.17) is 4.98 Å². The Morgan fingerprint density at radius 2 is 1.95 bits per heavy atom. The van der Waals surface area contributed by atoms with Gasteiger partial charge in [0.15, 0.2) is 5.13 Å². The summed E-state index contributed by atoms with van der Waals surface area (Å²) >= 11 is 1.84. The van der Waals surface area contributed by atoms with E-state index < -0.39 is 0 Å². The van der Waals surface area contributed by atoms with Crippen LogP contribution in [0.2, 0.25) is 0 Å². The molecular weight excluding hydrogens is 254 g/mol. The number of unbranched alkanes of at least 4 members (excludes halogenated alkanes) is 2. The molecule has 1 aromatic rings. The molecule has 19 heavy (non-hydrogen) atoms. The van der Waals surface area contributed by atoms with Crippen LogP contribution in [0.15, 0.2) is 0 Å². The molecule has 0 fully saturated rings. The van der Waals surface area contributed by atoms with Gasteiger partial charge in [-0.25, -0.2) is 4.98 Å². The summed E-state index contributed by atoms with van der Waals surface area (Å²) in [7, 11) is 2.00. The summed E-state index contributed by atoms with van der Waals surface area (Å²) in [5.41, 5.74) is 1.17. The lowest BCUT2D eigenvalue weighted by molar-refractivity contribution is 0.624. The molecule has 0 aliphatic rings. The monoisotopic (exact) mass is 283 g/mol. The van der Waals surface area contributed by atoms with Crippen LogP contribution in [0.1, 0.15) is 63.6 Å². The summed E-state index contributed by atoms with van der Waals surface area (Å²) in [6, 6.07) is 0.899. The van der Waals surface area contributed by atoms with Crippen molar-refractivity contribution < 1.29 is 0 Å². The fraction of sp³-hybridized carbons (Fsp3) is 0.800. The molecule has 4 heteroatoms. The Morgan fingerprint density at radius 3 is 2.47 bits per heavy atom. The fourth-order valence-corrected chi connectivity index (χ4v) is 3.44. The highest BCUT2D eigenvalue weighted by molar-refractivity contribution is 7.15. The predicted octanol–water partition coefficient (Wildman–Crippen LogP) is 4.14. The lowest BCUT2D eigenvalue weighted by atomic mass is 10.2. The van der Waals surface area contributed by atoms with E-state index in [0.717, 1.165) is 6.54 Å². The van der Waals surface area contributed by atoms with Crippen molar-refractivity contribution in [2.75, 3.05) is 18.5 Å². The molecule has 110 valence electrons. The number of hydrogen-bond donors (Lipinski definition) is 1. The van der Waals surface area contributed by atoms with Gasteiger partial charge in [0.2, 0.25) is 0 Å². The van der Waals surface area contributed by atoms with Crippen LogP contribution < -0.4 is 10.2 Å². The molecule has 0 saturated carbocycles. The first kappa shape index (κ1) is 16.4. The molecule has 0 bridgehead atoms. The maximum atomic E-state index is 4.78. The number of hydrogen-bond acceptors (Lipinski definition) is 4. The van der Waals surface area contributed by atoms with Gasteiger partial charge in [-0.3, -0.25) is 0 Å². The Kier molecular flexibility index (Phi) is 6.80. The molecule has 1 aromatic heterocycles. The second kappa shape index (κ2) is 7.85. The van der Waals surface area contributed by atoms with Crippen LogP contribution in [0.4, 0.5) is 5.13 Å². The van der Waals surface area contributed by atoms with E-state index in [2.05, 4.69) is 44.8 Å². The third kappa shape index (κ3) is 4.46. The lowest BCUT2D eigenvalue weighted by Gasteiger charge is -2.26. The molecule has 1 rings (SSSR count). The molecule has 0 amide bonds. The Hall–Kier alpha value is -0.610. The van der Waals surface area contributed by atoms with E-state index in [0.29, 0.717) is 12.1 Å². The van der Waals surface area contributed by atoms with E-state index in [1.807, 2.05) is 18.4 Å². The zero-order valence-corrected chi connectivity index (χ0v) is 14.1. The van der Waals surface area contributed by atoms with Crippen molar-refractivity contribution in [2.24, 2.45) is 0 Å². The largest absolute Gasteiger partial charge is 0.346 e. The lowest BCUT2D eigenvalue weighted by Crippen LogP contribution is -2.31. The van der Waals surface area contributed by atoms with Gasteiger partial charge < -0.3 is 10.2 Å². The summed E-state index contributed by atoms with van der Waals surface area (Å²) in [5, 5.41) is 4.49. The van der Waals surface area contributed by atoms with Gasteiger partial charge in [0.1, 0.15) is 0 Å². The van der Waals surface area contributed by atoms with Crippen LogP contribution in [0.25, 0.3) is 0 Å². The van der Waals surface area contributed by atoms with Gasteiger partial charge >= 0.3 is 0 Å². The second-order valence-electron chi connectivity index (χ2n) is 5.45. The standard InChI is InChI=1S/C15H29N3S/c1-7-8-9-10-18(11(2)3)15-17-13(5)14(19-15)12(4)16-6/h11-12,16H,7-10H2,1-6H3. The summed E-state index contributed by atoms with van der Waals surface area (Å²) < 4.78 is 0. The highest BCUT2D eigenvalue weighted by Gasteiger charge is 2.18. The van der Waals surface area contributed by atoms with Crippen LogP contribution in [-0.2, 0) is 0 Å². The van der Waals surface area contributed by atoms with Crippen molar-refractivity contribution >= 4 is 16.5 Å². The van der Waals surface area contributed by atoms with Gasteiger partial charge in [0.05, 0.1) is 5.69 Å². The minimum absolute atomic E-state index is 0.385. The zero-order chi connectivity index (χ0) is 14.4. The van der Waals surface area contributed by atoms with E-state index in [-0.39, 0.29) is 0 Å². The number of aromatic nitrogens is 1. The van der Waals surface area contributed by atoms with Gasteiger partial charge in [-0.05, 0) is 41.2 Å². The smallest absolute Gasteiger partial charge is 0.186 e. The quantitative estimate of drug-likeness (QED) is 0.727. The van der Waals surface area contributed by atoms with Gasteiger partial charge in [0, 0.05) is 23.5 Å². The maximum absolute atomic E-state index is 4.78. The molecule has 1 heterocycles. The molecule has 1 N–H and O–H groups in total. The molecule has 0 spiro atoms. The second-order valence-corrected chi connectivity index (χ2v) is 6.46. The number of anilines is 1. The maximum Gasteiger partial charge on any atom is 0.186 e. The molecule has 1 atom stereocenters. The SMILES string of the molecule is CCCCCN(c1nc(C)c(C(C)NC)s1)C(C)C. The summed E-state index contributed by atoms with van der Waals surface area (Å²) in [6.07, 6.45) is 3.82. The molecule has 0 aliphatic carbocycles. The average molecular weight is 283 g/mol. The summed E-state index contributed by atoms with van der Waals surface area (Å²) in [5.74, 6) is 0. The van der Waals surface area contributed by atoms with Crippen LogP contribution in [0.5, 0.6) is 0 Å². The Morgan fingerprint density at radius 1 is 1.26 bits per heavy atom. The van der Waals surface area contributed by atoms with Crippen molar-refractivity contribution in [3.63, 3.8) is 0 Å². The molecule has 1 unspecified atom stereocenters. The molecule has 3 nitrogen and oxygen atoms in total. The first-order valence-corrected chi connectivity index (χ1v) is 8.24. The van der Waals surface area contributed by atoms with Crippen LogP contribution in [-0.4, -0.2) is 24.6 Å². The van der Waals surface area contributed by atoms with Crippen molar-refractivity contribution in [1.82, 2.24) is 10.3 Å². The molecular formula is C15H29N3S. The number of thiazole rings is 1. The highest BCUT2D eigenvalue weighted by atomic mass is 32.1. The van der Waals surface area contributed by atoms with Gasteiger partial charge in [-0.2, -0.15) is 0 Å². The Balaban J connectivity index is 2.84. The van der Waals surface area contributed by atoms with Gasteiger partial charge in [-0.15, -0.1) is 11.3 Å². The third-order valence-electron chi connectivity index (χ3n) is 3.52. The highest BCUT2D eigenvalue weighted by Crippen LogP contribution is 2.31. The van der Waals surface area contributed by atoms with E-state index in [1.54, 1.807) is 0 Å². The number of nitrogens with one attached hydrogen (secondary N) is 1. The normalized spacial score (nSPS) is 13.0. The number of rotatable bonds is 8. The fourth-order valence-electron chi connectivity index (χ4n) is 2.16. The van der Waals surface area contributed by atoms with Gasteiger partial charge in [0.25, 0.3) is 0 Å². The van der Waals surface area contributed by atoms with Crippen LogP contribution >= 0.6 is 11.3 Å². The molecule has 0 aromatic carbocycles. The molecule has 0 saturated heterocycles. The first-order valence-electron chi connectivity index (χ1n) is 7.42. The predicted molar refractivity (Wildman–Crippen MR) is 86.3 cm³/mol. The topological polar surface area (TPSA) is 28.2 Å². The Labute approximate surface area is 122 Å². The van der Waals surface area contributed by atoms with Crippen molar-refractivity contribution in [3.8, 4) is 0 Å². The summed E-state index contributed by atoms with van der Waals surface area (Å²) in [4.78, 5) is 8.59. The minimum atomic E-state index is 0.385. The van der Waals surface area contributed by atoms with Crippen molar-refractivity contribution in [3.05, 3.63) is 10.6 Å². The van der Waals surface area contributed by atoms with E-state index in [1.165, 1.54) is 35.0 Å². The Bertz CT molecular complexity index is 373. The summed E-state index contributed by atoms with van der Waals surface area (Å²) in [6.45, 7) is 12.2. The van der Waals surface area contributed by atoms with E-state index in [9.17, 15) is 0 Å². The first-order chi connectivity index (χ1) is 9.01. The average Bonchev–Trinajstić information content (AvgIpc) is 2.75. The zero-order valence-electron chi connectivity index (χ0n) is 13.3. The van der Waals surface area contributed by atoms with Gasteiger partial charge in [-0.1, -0.05) is 19.8 Å². The van der Waals surface area contributed by atoms with Crippen molar-refractivity contribution in [2.45, 2.75) is 66.0 Å². The third-order valence-corrected chi connectivity index (χ3v) is 4.90. The number of nitrogens with zero attached hydrogens (tertiary/aromatic N) is 2.